The van der Waals surface area contributed by atoms with E-state index in [1.54, 1.807) is 30.3 Å². The molecular formula is C16H11BrN4O5S. The standard InChI is InChI=1S/C16H11BrN4O5S/c17-12-4-3-10(26-12)14(22)18-6-13-20-21-16(27-13)15(23)19-8-1-2-9-11(5-8)25-7-24-9/h1-5H,6-7H2,(H,18,22)(H,19,23). The van der Waals surface area contributed by atoms with Crippen LogP contribution in [0.1, 0.15) is 25.4 Å². The van der Waals surface area contributed by atoms with E-state index in [-0.39, 0.29) is 30.0 Å². The van der Waals surface area contributed by atoms with Gasteiger partial charge in [0, 0.05) is 11.8 Å². The molecule has 2 N–H and O–H groups in total. The largest absolute Gasteiger partial charge is 0.454 e. The number of carbonyl (C=O) groups excluding carboxylic acids is 2. The van der Waals surface area contributed by atoms with Gasteiger partial charge in [0.15, 0.2) is 21.9 Å². The first kappa shape index (κ1) is 17.5. The number of aromatic nitrogens is 2. The number of nitrogens with zero attached hydrogens (tertiary/aromatic N) is 2. The van der Waals surface area contributed by atoms with Crippen LogP contribution >= 0.6 is 27.3 Å². The number of anilines is 1. The SMILES string of the molecule is O=C(NCc1nnc(C(=O)Nc2ccc3c(c2)OCO3)s1)c1ccc(Br)o1. The number of hydrogen-bond donors (Lipinski definition) is 2. The molecule has 1 aromatic carbocycles. The molecule has 2 aromatic heterocycles. The van der Waals surface area contributed by atoms with Crippen LogP contribution in [0.5, 0.6) is 11.5 Å². The van der Waals surface area contributed by atoms with Crippen molar-refractivity contribution in [3.05, 3.63) is 50.8 Å². The number of carbonyl (C=O) groups is 2. The van der Waals surface area contributed by atoms with Crippen molar-refractivity contribution in [2.45, 2.75) is 6.54 Å². The molecule has 0 aliphatic carbocycles. The summed E-state index contributed by atoms with van der Waals surface area (Å²) in [7, 11) is 0. The average Bonchev–Trinajstić information content (AvgIpc) is 3.39. The monoisotopic (exact) mass is 450 g/mol. The minimum Gasteiger partial charge on any atom is -0.454 e. The Balaban J connectivity index is 1.35. The Hall–Kier alpha value is -2.92. The number of fused-ring (bicyclic) bond motifs is 1. The zero-order chi connectivity index (χ0) is 18.8. The zero-order valence-corrected chi connectivity index (χ0v) is 15.9. The van der Waals surface area contributed by atoms with Gasteiger partial charge in [-0.15, -0.1) is 10.2 Å². The average molecular weight is 451 g/mol. The highest BCUT2D eigenvalue weighted by Crippen LogP contribution is 2.34. The van der Waals surface area contributed by atoms with Gasteiger partial charge in [-0.1, -0.05) is 11.3 Å². The Labute approximate surface area is 164 Å². The molecule has 0 radical (unpaired) electrons. The molecule has 4 rings (SSSR count). The van der Waals surface area contributed by atoms with Crippen LogP contribution in [0.25, 0.3) is 0 Å². The first-order valence-electron chi connectivity index (χ1n) is 7.65. The molecule has 27 heavy (non-hydrogen) atoms. The molecule has 1 aliphatic heterocycles. The van der Waals surface area contributed by atoms with E-state index in [0.717, 1.165) is 11.3 Å². The van der Waals surface area contributed by atoms with E-state index >= 15 is 0 Å². The fraction of sp³-hybridized carbons (Fsp3) is 0.125. The molecule has 0 unspecified atom stereocenters. The summed E-state index contributed by atoms with van der Waals surface area (Å²) < 4.78 is 16.1. The van der Waals surface area contributed by atoms with E-state index in [9.17, 15) is 9.59 Å². The first-order valence-corrected chi connectivity index (χ1v) is 9.26. The molecule has 2 amide bonds. The number of nitrogens with one attached hydrogen (secondary N) is 2. The summed E-state index contributed by atoms with van der Waals surface area (Å²) in [6, 6.07) is 8.26. The molecule has 0 saturated heterocycles. The molecule has 3 aromatic rings. The smallest absolute Gasteiger partial charge is 0.287 e. The molecule has 11 heteroatoms. The maximum Gasteiger partial charge on any atom is 0.287 e. The van der Waals surface area contributed by atoms with Crippen LogP contribution in [0.3, 0.4) is 0 Å². The molecule has 1 aliphatic rings. The molecule has 0 atom stereocenters. The summed E-state index contributed by atoms with van der Waals surface area (Å²) in [6.45, 7) is 0.291. The number of rotatable bonds is 5. The summed E-state index contributed by atoms with van der Waals surface area (Å²) >= 11 is 4.22. The molecular weight excluding hydrogens is 440 g/mol. The first-order chi connectivity index (χ1) is 13.1. The maximum absolute atomic E-state index is 12.3. The second-order valence-corrected chi connectivity index (χ2v) is 7.15. The molecule has 0 spiro atoms. The highest BCUT2D eigenvalue weighted by molar-refractivity contribution is 9.10. The van der Waals surface area contributed by atoms with E-state index in [4.69, 9.17) is 13.9 Å². The summed E-state index contributed by atoms with van der Waals surface area (Å²) in [4.78, 5) is 24.2. The zero-order valence-electron chi connectivity index (χ0n) is 13.5. The second-order valence-electron chi connectivity index (χ2n) is 5.31. The molecule has 0 saturated carbocycles. The minimum absolute atomic E-state index is 0.131. The normalized spacial score (nSPS) is 12.0. The lowest BCUT2D eigenvalue weighted by Gasteiger charge is -2.03. The van der Waals surface area contributed by atoms with Crippen molar-refractivity contribution in [3.8, 4) is 11.5 Å². The van der Waals surface area contributed by atoms with Gasteiger partial charge >= 0.3 is 0 Å². The van der Waals surface area contributed by atoms with Crippen molar-refractivity contribution in [3.63, 3.8) is 0 Å². The number of benzene rings is 1. The van der Waals surface area contributed by atoms with Crippen LogP contribution in [0, 0.1) is 0 Å². The van der Waals surface area contributed by atoms with Gasteiger partial charge in [-0.05, 0) is 40.2 Å². The van der Waals surface area contributed by atoms with Crippen LogP contribution < -0.4 is 20.1 Å². The topological polar surface area (TPSA) is 116 Å². The Morgan fingerprint density at radius 3 is 2.78 bits per heavy atom. The third-order valence-electron chi connectivity index (χ3n) is 3.49. The number of amides is 2. The Morgan fingerprint density at radius 2 is 1.96 bits per heavy atom. The predicted octanol–water partition coefficient (Wildman–Crippen LogP) is 2.80. The molecule has 138 valence electrons. The molecule has 0 bridgehead atoms. The summed E-state index contributed by atoms with van der Waals surface area (Å²) in [5, 5.41) is 13.8. The van der Waals surface area contributed by atoms with Gasteiger partial charge in [-0.25, -0.2) is 0 Å². The summed E-state index contributed by atoms with van der Waals surface area (Å²) in [5.74, 6) is 0.580. The van der Waals surface area contributed by atoms with Crippen molar-refractivity contribution in [1.82, 2.24) is 15.5 Å². The number of halogens is 1. The number of ether oxygens (including phenoxy) is 2. The van der Waals surface area contributed by atoms with Gasteiger partial charge in [0.2, 0.25) is 11.8 Å². The predicted molar refractivity (Wildman–Crippen MR) is 98.0 cm³/mol. The van der Waals surface area contributed by atoms with Crippen LogP contribution in [-0.2, 0) is 6.54 Å². The van der Waals surface area contributed by atoms with Crippen LogP contribution in [0.15, 0.2) is 39.4 Å². The van der Waals surface area contributed by atoms with Crippen molar-refractivity contribution >= 4 is 44.8 Å². The van der Waals surface area contributed by atoms with E-state index in [1.165, 1.54) is 0 Å². The third-order valence-corrected chi connectivity index (χ3v) is 4.84. The van der Waals surface area contributed by atoms with Gasteiger partial charge in [0.05, 0.1) is 6.54 Å². The van der Waals surface area contributed by atoms with Crippen LogP contribution in [0.2, 0.25) is 0 Å². The van der Waals surface area contributed by atoms with Crippen molar-refractivity contribution in [1.29, 1.82) is 0 Å². The highest BCUT2D eigenvalue weighted by Gasteiger charge is 2.17. The summed E-state index contributed by atoms with van der Waals surface area (Å²) in [6.07, 6.45) is 0. The Morgan fingerprint density at radius 1 is 1.11 bits per heavy atom. The van der Waals surface area contributed by atoms with Crippen LogP contribution in [0.4, 0.5) is 5.69 Å². The van der Waals surface area contributed by atoms with Crippen molar-refractivity contribution in [2.24, 2.45) is 0 Å². The van der Waals surface area contributed by atoms with Crippen LogP contribution in [-0.4, -0.2) is 28.8 Å². The molecule has 0 fully saturated rings. The fourth-order valence-corrected chi connectivity index (χ4v) is 3.24. The second kappa shape index (κ2) is 7.37. The van der Waals surface area contributed by atoms with Crippen molar-refractivity contribution in [2.75, 3.05) is 12.1 Å². The number of furan rings is 1. The van der Waals surface area contributed by atoms with E-state index in [1.807, 2.05) is 0 Å². The summed E-state index contributed by atoms with van der Waals surface area (Å²) in [5.41, 5.74) is 0.553. The lowest BCUT2D eigenvalue weighted by molar-refractivity contribution is 0.0921. The van der Waals surface area contributed by atoms with E-state index < -0.39 is 5.91 Å². The lowest BCUT2D eigenvalue weighted by Crippen LogP contribution is -2.22. The van der Waals surface area contributed by atoms with Gasteiger partial charge in [-0.2, -0.15) is 0 Å². The molecule has 9 nitrogen and oxygen atoms in total. The molecule has 3 heterocycles. The van der Waals surface area contributed by atoms with Gasteiger partial charge in [0.25, 0.3) is 11.8 Å². The minimum atomic E-state index is -0.404. The maximum atomic E-state index is 12.3. The Kier molecular flexibility index (Phi) is 4.77. The third kappa shape index (κ3) is 3.93. The van der Waals surface area contributed by atoms with Gasteiger partial charge in [-0.3, -0.25) is 9.59 Å². The van der Waals surface area contributed by atoms with Crippen molar-refractivity contribution < 1.29 is 23.5 Å². The van der Waals surface area contributed by atoms with E-state index in [0.29, 0.717) is 26.9 Å². The quantitative estimate of drug-likeness (QED) is 0.613. The van der Waals surface area contributed by atoms with Gasteiger partial charge in [0.1, 0.15) is 5.01 Å². The lowest BCUT2D eigenvalue weighted by atomic mass is 10.3. The van der Waals surface area contributed by atoms with Gasteiger partial charge < -0.3 is 24.5 Å². The Bertz CT molecular complexity index is 1020. The highest BCUT2D eigenvalue weighted by atomic mass is 79.9. The fourth-order valence-electron chi connectivity index (χ4n) is 2.25. The van der Waals surface area contributed by atoms with E-state index in [2.05, 4.69) is 36.8 Å². The number of hydrogen-bond acceptors (Lipinski definition) is 8.